The van der Waals surface area contributed by atoms with Crippen LogP contribution in [0.2, 0.25) is 0 Å². The number of hydrogen-bond donors (Lipinski definition) is 0. The molecule has 33 heavy (non-hydrogen) atoms. The molecule has 0 atom stereocenters. The minimum absolute atomic E-state index is 1.02. The van der Waals surface area contributed by atoms with Crippen LogP contribution in [0.5, 0.6) is 0 Å². The summed E-state index contributed by atoms with van der Waals surface area (Å²) >= 11 is 0. The molecule has 0 aromatic heterocycles. The highest BCUT2D eigenvalue weighted by Crippen LogP contribution is 2.39. The van der Waals surface area contributed by atoms with E-state index in [1.165, 1.54) is 22.3 Å². The molecule has 0 spiro atoms. The van der Waals surface area contributed by atoms with E-state index < -0.39 is 0 Å². The molecule has 0 bridgehead atoms. The Bertz CT molecular complexity index is 1190. The van der Waals surface area contributed by atoms with E-state index in [-0.39, 0.29) is 0 Å². The molecule has 0 heteroatoms. The van der Waals surface area contributed by atoms with Crippen LogP contribution in [0.15, 0.2) is 152 Å². The first-order valence-corrected chi connectivity index (χ1v) is 11.3. The van der Waals surface area contributed by atoms with Crippen LogP contribution >= 0.6 is 0 Å². The van der Waals surface area contributed by atoms with Crippen molar-refractivity contribution in [1.29, 1.82) is 0 Å². The third kappa shape index (κ3) is 5.75. The lowest BCUT2D eigenvalue weighted by Crippen LogP contribution is -1.97. The molecule has 0 amide bonds. The largest absolute Gasteiger partial charge is 0.0905 e. The summed E-state index contributed by atoms with van der Waals surface area (Å²) in [6.45, 7) is 4.52. The second-order valence-electron chi connectivity index (χ2n) is 7.78. The summed E-state index contributed by atoms with van der Waals surface area (Å²) in [5.41, 5.74) is 8.04. The zero-order valence-corrected chi connectivity index (χ0v) is 18.8. The summed E-state index contributed by atoms with van der Waals surface area (Å²) in [4.78, 5) is 0. The van der Waals surface area contributed by atoms with Gasteiger partial charge in [0.05, 0.1) is 0 Å². The Morgan fingerprint density at radius 1 is 0.455 bits per heavy atom. The van der Waals surface area contributed by atoms with Crippen LogP contribution in [-0.2, 0) is 0 Å². The van der Waals surface area contributed by atoms with Crippen molar-refractivity contribution in [3.8, 4) is 0 Å². The van der Waals surface area contributed by atoms with Gasteiger partial charge >= 0.3 is 0 Å². The van der Waals surface area contributed by atoms with E-state index >= 15 is 0 Å². The van der Waals surface area contributed by atoms with Crippen LogP contribution in [0.3, 0.4) is 0 Å². The Hall–Kier alpha value is -4.16. The zero-order valence-electron chi connectivity index (χ0n) is 18.8. The van der Waals surface area contributed by atoms with Crippen molar-refractivity contribution >= 4 is 16.7 Å². The molecule has 0 radical (unpaired) electrons. The Kier molecular flexibility index (Phi) is 7.65. The Morgan fingerprint density at radius 2 is 0.818 bits per heavy atom. The second kappa shape index (κ2) is 11.5. The summed E-state index contributed by atoms with van der Waals surface area (Å²) in [6.07, 6.45) is 9.50. The van der Waals surface area contributed by atoms with Gasteiger partial charge in [0.15, 0.2) is 0 Å². The van der Waals surface area contributed by atoms with Gasteiger partial charge in [0, 0.05) is 0 Å². The number of benzene rings is 4. The number of hydrogen-bond acceptors (Lipinski definition) is 0. The molecular formula is C33H28. The van der Waals surface area contributed by atoms with Crippen molar-refractivity contribution in [3.05, 3.63) is 174 Å². The van der Waals surface area contributed by atoms with E-state index in [2.05, 4.69) is 146 Å². The van der Waals surface area contributed by atoms with Crippen molar-refractivity contribution in [2.75, 3.05) is 0 Å². The molecule has 5 rings (SSSR count). The molecule has 0 saturated heterocycles. The van der Waals surface area contributed by atoms with Gasteiger partial charge < -0.3 is 0 Å². The first-order valence-electron chi connectivity index (χ1n) is 11.3. The van der Waals surface area contributed by atoms with Gasteiger partial charge in [-0.15, -0.1) is 0 Å². The fourth-order valence-corrected chi connectivity index (χ4v) is 3.92. The first kappa shape index (κ1) is 22.0. The van der Waals surface area contributed by atoms with Gasteiger partial charge in [-0.3, -0.25) is 0 Å². The van der Waals surface area contributed by atoms with Crippen LogP contribution in [0, 0.1) is 0 Å². The molecule has 160 valence electrons. The molecule has 1 aliphatic rings. The van der Waals surface area contributed by atoms with E-state index in [1.54, 1.807) is 0 Å². The smallest absolute Gasteiger partial charge is 0.00268 e. The van der Waals surface area contributed by atoms with Crippen molar-refractivity contribution in [2.24, 2.45) is 0 Å². The standard InChI is InChI=1S/C28H22.C5H6/c1-22(23-14-6-2-7-15-23)27(24-16-8-3-9-17-24)28(25-18-10-4-11-19-25)26-20-12-5-13-21-26;1-2-4-5-3-1/h2-21H,1H2;1-4H,5H2. The lowest BCUT2D eigenvalue weighted by Gasteiger charge is -2.19. The molecule has 4 aromatic carbocycles. The topological polar surface area (TPSA) is 0 Å². The van der Waals surface area contributed by atoms with Gasteiger partial charge in [-0.2, -0.15) is 0 Å². The summed E-state index contributed by atoms with van der Waals surface area (Å²) in [5, 5.41) is 0. The average Bonchev–Trinajstić information content (AvgIpc) is 3.49. The minimum Gasteiger partial charge on any atom is -0.0905 e. The molecule has 0 N–H and O–H groups in total. The summed E-state index contributed by atoms with van der Waals surface area (Å²) < 4.78 is 0. The van der Waals surface area contributed by atoms with Crippen molar-refractivity contribution in [1.82, 2.24) is 0 Å². The van der Waals surface area contributed by atoms with Gasteiger partial charge in [-0.05, 0) is 45.4 Å². The summed E-state index contributed by atoms with van der Waals surface area (Å²) in [7, 11) is 0. The van der Waals surface area contributed by atoms with Crippen LogP contribution in [0.1, 0.15) is 28.7 Å². The maximum absolute atomic E-state index is 4.52. The highest BCUT2D eigenvalue weighted by Gasteiger charge is 2.17. The second-order valence-corrected chi connectivity index (χ2v) is 7.78. The molecule has 0 aliphatic heterocycles. The molecule has 0 unspecified atom stereocenters. The van der Waals surface area contributed by atoms with Crippen LogP contribution in [-0.4, -0.2) is 0 Å². The maximum atomic E-state index is 4.52. The normalized spacial score (nSPS) is 11.4. The predicted octanol–water partition coefficient (Wildman–Crippen LogP) is 8.86. The molecule has 1 aliphatic carbocycles. The molecule has 0 fully saturated rings. The van der Waals surface area contributed by atoms with Gasteiger partial charge in [-0.25, -0.2) is 0 Å². The van der Waals surface area contributed by atoms with Gasteiger partial charge in [0.1, 0.15) is 0 Å². The van der Waals surface area contributed by atoms with Crippen molar-refractivity contribution in [2.45, 2.75) is 6.42 Å². The minimum atomic E-state index is 1.02. The highest BCUT2D eigenvalue weighted by atomic mass is 14.2. The van der Waals surface area contributed by atoms with Crippen LogP contribution in [0.25, 0.3) is 16.7 Å². The van der Waals surface area contributed by atoms with Gasteiger partial charge in [0.2, 0.25) is 0 Å². The molecule has 0 heterocycles. The Labute approximate surface area is 197 Å². The van der Waals surface area contributed by atoms with Crippen molar-refractivity contribution in [3.63, 3.8) is 0 Å². The van der Waals surface area contributed by atoms with E-state index in [1.807, 2.05) is 6.07 Å². The molecule has 0 saturated carbocycles. The SMILES string of the molecule is C1=CCC=C1.C=C(C(=C(c1ccccc1)c1ccccc1)c1ccccc1)c1ccccc1. The third-order valence-electron chi connectivity index (χ3n) is 5.52. The fraction of sp³-hybridized carbons (Fsp3) is 0.0303. The first-order chi connectivity index (χ1) is 16.3. The van der Waals surface area contributed by atoms with Gasteiger partial charge in [-0.1, -0.05) is 152 Å². The monoisotopic (exact) mass is 424 g/mol. The summed E-state index contributed by atoms with van der Waals surface area (Å²) in [5.74, 6) is 0. The molecular weight excluding hydrogens is 396 g/mol. The third-order valence-corrected chi connectivity index (χ3v) is 5.52. The molecule has 4 aromatic rings. The lowest BCUT2D eigenvalue weighted by molar-refractivity contribution is 1.45. The highest BCUT2D eigenvalue weighted by molar-refractivity contribution is 6.17. The quantitative estimate of drug-likeness (QED) is 0.222. The molecule has 0 nitrogen and oxygen atoms in total. The van der Waals surface area contributed by atoms with E-state index in [0.717, 1.165) is 23.1 Å². The fourth-order valence-electron chi connectivity index (χ4n) is 3.92. The van der Waals surface area contributed by atoms with E-state index in [4.69, 9.17) is 0 Å². The van der Waals surface area contributed by atoms with E-state index in [9.17, 15) is 0 Å². The van der Waals surface area contributed by atoms with Crippen LogP contribution < -0.4 is 0 Å². The Balaban J connectivity index is 0.000000459. The number of rotatable bonds is 5. The van der Waals surface area contributed by atoms with E-state index in [0.29, 0.717) is 0 Å². The lowest BCUT2D eigenvalue weighted by atomic mass is 9.84. The zero-order chi connectivity index (χ0) is 22.7. The van der Waals surface area contributed by atoms with Gasteiger partial charge in [0.25, 0.3) is 0 Å². The maximum Gasteiger partial charge on any atom is -0.00268 e. The average molecular weight is 425 g/mol. The van der Waals surface area contributed by atoms with Crippen LogP contribution in [0.4, 0.5) is 0 Å². The predicted molar refractivity (Wildman–Crippen MR) is 144 cm³/mol. The van der Waals surface area contributed by atoms with Crippen molar-refractivity contribution < 1.29 is 0 Å². The number of allylic oxidation sites excluding steroid dienone is 6. The summed E-state index contributed by atoms with van der Waals surface area (Å²) in [6, 6.07) is 42.1. The Morgan fingerprint density at radius 3 is 1.18 bits per heavy atom.